The predicted molar refractivity (Wildman–Crippen MR) is 79.8 cm³/mol. The van der Waals surface area contributed by atoms with Crippen molar-refractivity contribution in [3.63, 3.8) is 0 Å². The maximum absolute atomic E-state index is 12.2. The van der Waals surface area contributed by atoms with Gasteiger partial charge in [-0.05, 0) is 50.0 Å². The highest BCUT2D eigenvalue weighted by Crippen LogP contribution is 2.44. The number of hydrogen-bond acceptors (Lipinski definition) is 3. The van der Waals surface area contributed by atoms with Gasteiger partial charge in [0.05, 0.1) is 18.8 Å². The van der Waals surface area contributed by atoms with Gasteiger partial charge < -0.3 is 5.32 Å². The largest absolute Gasteiger partial charge is 0.352 e. The van der Waals surface area contributed by atoms with Gasteiger partial charge in [0, 0.05) is 25.3 Å². The first-order valence-electron chi connectivity index (χ1n) is 8.21. The molecular formula is C16H24N4O. The number of aryl methyl sites for hydroxylation is 1. The molecule has 1 aromatic heterocycles. The highest BCUT2D eigenvalue weighted by atomic mass is 16.2. The molecule has 5 nitrogen and oxygen atoms in total. The van der Waals surface area contributed by atoms with E-state index in [1.165, 1.54) is 31.2 Å². The van der Waals surface area contributed by atoms with Gasteiger partial charge in [0.15, 0.2) is 0 Å². The summed E-state index contributed by atoms with van der Waals surface area (Å²) in [5.41, 5.74) is 1.20. The number of aromatic nitrogens is 2. The molecule has 5 heteroatoms. The fourth-order valence-electron chi connectivity index (χ4n) is 3.44. The zero-order valence-electron chi connectivity index (χ0n) is 12.7. The van der Waals surface area contributed by atoms with Gasteiger partial charge in [-0.3, -0.25) is 14.4 Å². The molecule has 0 spiro atoms. The first-order valence-corrected chi connectivity index (χ1v) is 8.21. The molecule has 2 saturated carbocycles. The van der Waals surface area contributed by atoms with Gasteiger partial charge in [0.25, 0.3) is 0 Å². The average Bonchev–Trinajstić information content (AvgIpc) is 3.31. The lowest BCUT2D eigenvalue weighted by atomic mass is 10.1. The van der Waals surface area contributed by atoms with E-state index in [9.17, 15) is 4.79 Å². The molecule has 0 radical (unpaired) electrons. The number of amides is 1. The highest BCUT2D eigenvalue weighted by Gasteiger charge is 2.42. The third-order valence-corrected chi connectivity index (χ3v) is 5.00. The van der Waals surface area contributed by atoms with Crippen LogP contribution in [0.5, 0.6) is 0 Å². The van der Waals surface area contributed by atoms with Crippen LogP contribution in [-0.2, 0) is 4.79 Å². The van der Waals surface area contributed by atoms with Crippen LogP contribution in [0.1, 0.15) is 37.3 Å². The number of rotatable bonds is 6. The lowest BCUT2D eigenvalue weighted by Crippen LogP contribution is -2.53. The minimum absolute atomic E-state index is 0.217. The van der Waals surface area contributed by atoms with Gasteiger partial charge in [-0.25, -0.2) is 0 Å². The molecule has 1 saturated heterocycles. The van der Waals surface area contributed by atoms with Gasteiger partial charge in [-0.2, -0.15) is 5.10 Å². The summed E-state index contributed by atoms with van der Waals surface area (Å²) in [5, 5.41) is 7.65. The van der Waals surface area contributed by atoms with Gasteiger partial charge >= 0.3 is 0 Å². The second-order valence-electron chi connectivity index (χ2n) is 7.11. The van der Waals surface area contributed by atoms with E-state index in [1.807, 2.05) is 10.9 Å². The standard InChI is InChI=1S/C16H24N4O/c1-11-6-17-20(7-11)14-8-19(9-14)10-15(21)18-16(12-2-3-12)13-4-5-13/h6-7,12-14,16H,2-5,8-10H2,1H3,(H,18,21). The monoisotopic (exact) mass is 288 g/mol. The number of hydrogen-bond donors (Lipinski definition) is 1. The van der Waals surface area contributed by atoms with Gasteiger partial charge in [-0.15, -0.1) is 0 Å². The Bertz CT molecular complexity index is 514. The molecule has 0 unspecified atom stereocenters. The van der Waals surface area contributed by atoms with Crippen molar-refractivity contribution >= 4 is 5.91 Å². The molecule has 1 aromatic rings. The fourth-order valence-corrected chi connectivity index (χ4v) is 3.44. The summed E-state index contributed by atoms with van der Waals surface area (Å²) in [6.45, 7) is 4.48. The first kappa shape index (κ1) is 13.3. The van der Waals surface area contributed by atoms with Crippen molar-refractivity contribution in [1.29, 1.82) is 0 Å². The van der Waals surface area contributed by atoms with E-state index < -0.39 is 0 Å². The van der Waals surface area contributed by atoms with Crippen LogP contribution >= 0.6 is 0 Å². The van der Waals surface area contributed by atoms with Crippen LogP contribution < -0.4 is 5.32 Å². The van der Waals surface area contributed by atoms with E-state index in [2.05, 4.69) is 28.4 Å². The molecule has 114 valence electrons. The van der Waals surface area contributed by atoms with Crippen molar-refractivity contribution in [3.8, 4) is 0 Å². The Kier molecular flexibility index (Phi) is 3.25. The van der Waals surface area contributed by atoms with Crippen LogP contribution in [0.15, 0.2) is 12.4 Å². The lowest BCUT2D eigenvalue weighted by molar-refractivity contribution is -0.124. The molecule has 1 amide bonds. The Balaban J connectivity index is 1.23. The predicted octanol–water partition coefficient (Wildman–Crippen LogP) is 1.35. The van der Waals surface area contributed by atoms with Gasteiger partial charge in [0.2, 0.25) is 5.91 Å². The summed E-state index contributed by atoms with van der Waals surface area (Å²) in [4.78, 5) is 14.4. The molecule has 0 bridgehead atoms. The molecule has 4 rings (SSSR count). The maximum Gasteiger partial charge on any atom is 0.234 e. The second kappa shape index (κ2) is 5.13. The first-order chi connectivity index (χ1) is 10.2. The molecule has 0 aromatic carbocycles. The SMILES string of the molecule is Cc1cnn(C2CN(CC(=O)NC(C3CC3)C3CC3)C2)c1. The molecule has 2 aliphatic carbocycles. The molecule has 3 aliphatic rings. The number of carbonyl (C=O) groups is 1. The average molecular weight is 288 g/mol. The quantitative estimate of drug-likeness (QED) is 0.860. The molecule has 3 fully saturated rings. The van der Waals surface area contributed by atoms with E-state index in [1.54, 1.807) is 0 Å². The van der Waals surface area contributed by atoms with Gasteiger partial charge in [-0.1, -0.05) is 0 Å². The molecule has 1 N–H and O–H groups in total. The maximum atomic E-state index is 12.2. The Labute approximate surface area is 125 Å². The summed E-state index contributed by atoms with van der Waals surface area (Å²) in [6, 6.07) is 0.914. The zero-order chi connectivity index (χ0) is 14.4. The summed E-state index contributed by atoms with van der Waals surface area (Å²) in [7, 11) is 0. The van der Waals surface area contributed by atoms with E-state index in [0.717, 1.165) is 24.9 Å². The molecule has 1 aliphatic heterocycles. The second-order valence-corrected chi connectivity index (χ2v) is 7.11. The Hall–Kier alpha value is -1.36. The van der Waals surface area contributed by atoms with E-state index in [0.29, 0.717) is 18.6 Å². The third-order valence-electron chi connectivity index (χ3n) is 5.00. The third kappa shape index (κ3) is 2.98. The van der Waals surface area contributed by atoms with Gasteiger partial charge in [0.1, 0.15) is 0 Å². The van der Waals surface area contributed by atoms with E-state index in [-0.39, 0.29) is 5.91 Å². The van der Waals surface area contributed by atoms with Crippen molar-refractivity contribution in [2.75, 3.05) is 19.6 Å². The highest BCUT2D eigenvalue weighted by molar-refractivity contribution is 5.78. The molecule has 0 atom stereocenters. The normalized spacial score (nSPS) is 23.3. The number of carbonyl (C=O) groups excluding carboxylic acids is 1. The number of nitrogens with one attached hydrogen (secondary N) is 1. The number of nitrogens with zero attached hydrogens (tertiary/aromatic N) is 3. The van der Waals surface area contributed by atoms with Crippen LogP contribution in [0.2, 0.25) is 0 Å². The Morgan fingerprint density at radius 3 is 2.52 bits per heavy atom. The van der Waals surface area contributed by atoms with Crippen molar-refractivity contribution in [3.05, 3.63) is 18.0 Å². The fraction of sp³-hybridized carbons (Fsp3) is 0.750. The molecule has 2 heterocycles. The summed E-state index contributed by atoms with van der Waals surface area (Å²) in [6.07, 6.45) is 9.22. The topological polar surface area (TPSA) is 50.2 Å². The minimum Gasteiger partial charge on any atom is -0.352 e. The Morgan fingerprint density at radius 1 is 1.33 bits per heavy atom. The van der Waals surface area contributed by atoms with Crippen molar-refractivity contribution < 1.29 is 4.79 Å². The lowest BCUT2D eigenvalue weighted by Gasteiger charge is -2.38. The molecule has 21 heavy (non-hydrogen) atoms. The van der Waals surface area contributed by atoms with Crippen LogP contribution in [0, 0.1) is 18.8 Å². The minimum atomic E-state index is 0.217. The molecular weight excluding hydrogens is 264 g/mol. The van der Waals surface area contributed by atoms with Crippen LogP contribution in [0.3, 0.4) is 0 Å². The van der Waals surface area contributed by atoms with Crippen LogP contribution in [0.4, 0.5) is 0 Å². The van der Waals surface area contributed by atoms with Crippen molar-refractivity contribution in [2.24, 2.45) is 11.8 Å². The van der Waals surface area contributed by atoms with Crippen LogP contribution in [-0.4, -0.2) is 46.3 Å². The summed E-state index contributed by atoms with van der Waals surface area (Å²) < 4.78 is 2.03. The Morgan fingerprint density at radius 2 is 2.00 bits per heavy atom. The van der Waals surface area contributed by atoms with Crippen LogP contribution in [0.25, 0.3) is 0 Å². The summed E-state index contributed by atoms with van der Waals surface area (Å²) in [5.74, 6) is 1.77. The zero-order valence-corrected chi connectivity index (χ0v) is 12.7. The smallest absolute Gasteiger partial charge is 0.234 e. The summed E-state index contributed by atoms with van der Waals surface area (Å²) >= 11 is 0. The van der Waals surface area contributed by atoms with E-state index in [4.69, 9.17) is 0 Å². The van der Waals surface area contributed by atoms with E-state index >= 15 is 0 Å². The number of likely N-dealkylation sites (tertiary alicyclic amines) is 1. The van der Waals surface area contributed by atoms with Crippen molar-refractivity contribution in [1.82, 2.24) is 20.0 Å². The van der Waals surface area contributed by atoms with Crippen molar-refractivity contribution in [2.45, 2.75) is 44.7 Å².